The lowest BCUT2D eigenvalue weighted by Gasteiger charge is -2.27. The summed E-state index contributed by atoms with van der Waals surface area (Å²) in [4.78, 5) is 28.4. The highest BCUT2D eigenvalue weighted by atomic mass is 16.5. The summed E-state index contributed by atoms with van der Waals surface area (Å²) in [5.41, 5.74) is 0.920. The van der Waals surface area contributed by atoms with E-state index >= 15 is 0 Å². The Morgan fingerprint density at radius 3 is 2.65 bits per heavy atom. The van der Waals surface area contributed by atoms with Crippen molar-refractivity contribution in [1.82, 2.24) is 9.80 Å². The second-order valence-corrected chi connectivity index (χ2v) is 7.28. The van der Waals surface area contributed by atoms with Crippen LogP contribution in [0.4, 0.5) is 0 Å². The van der Waals surface area contributed by atoms with Crippen molar-refractivity contribution in [3.05, 3.63) is 29.8 Å². The predicted octanol–water partition coefficient (Wildman–Crippen LogP) is 2.20. The van der Waals surface area contributed by atoms with Crippen LogP contribution in [-0.2, 0) is 9.59 Å². The van der Waals surface area contributed by atoms with Crippen LogP contribution in [0.1, 0.15) is 37.2 Å². The Kier molecular flexibility index (Phi) is 6.14. The molecule has 142 valence electrons. The fourth-order valence-electron chi connectivity index (χ4n) is 4.06. The van der Waals surface area contributed by atoms with E-state index in [0.29, 0.717) is 18.7 Å². The molecule has 0 radical (unpaired) electrons. The lowest BCUT2D eigenvalue weighted by Crippen LogP contribution is -2.36. The number of ether oxygens (including phenoxy) is 1. The molecule has 0 aliphatic carbocycles. The maximum Gasteiger partial charge on any atom is 0.308 e. The van der Waals surface area contributed by atoms with Crippen molar-refractivity contribution < 1.29 is 19.4 Å². The van der Waals surface area contributed by atoms with E-state index < -0.39 is 11.9 Å². The van der Waals surface area contributed by atoms with Crippen LogP contribution in [0, 0.1) is 5.92 Å². The molecule has 0 aromatic heterocycles. The summed E-state index contributed by atoms with van der Waals surface area (Å²) in [5.74, 6) is -0.833. The van der Waals surface area contributed by atoms with E-state index in [1.807, 2.05) is 24.3 Å². The van der Waals surface area contributed by atoms with Crippen LogP contribution in [-0.4, -0.2) is 66.6 Å². The van der Waals surface area contributed by atoms with E-state index in [2.05, 4.69) is 4.90 Å². The molecule has 2 fully saturated rings. The number of likely N-dealkylation sites (tertiary alicyclic amines) is 2. The average molecular weight is 360 g/mol. The maximum absolute atomic E-state index is 12.6. The summed E-state index contributed by atoms with van der Waals surface area (Å²) < 4.78 is 5.26. The Labute approximate surface area is 154 Å². The van der Waals surface area contributed by atoms with Crippen molar-refractivity contribution in [3.63, 3.8) is 0 Å². The Balaban J connectivity index is 1.64. The van der Waals surface area contributed by atoms with Gasteiger partial charge in [-0.25, -0.2) is 0 Å². The van der Waals surface area contributed by atoms with E-state index in [9.17, 15) is 14.7 Å². The number of rotatable bonds is 6. The van der Waals surface area contributed by atoms with Crippen molar-refractivity contribution in [2.24, 2.45) is 5.92 Å². The Hall–Kier alpha value is -2.08. The molecular formula is C20H28N2O4. The number of aliphatic carboxylic acids is 1. The van der Waals surface area contributed by atoms with Crippen LogP contribution in [0.3, 0.4) is 0 Å². The van der Waals surface area contributed by atoms with Gasteiger partial charge in [0.25, 0.3) is 0 Å². The zero-order chi connectivity index (χ0) is 18.5. The molecule has 6 nitrogen and oxygen atoms in total. The first-order chi connectivity index (χ1) is 12.6. The number of piperidine rings is 1. The number of carbonyl (C=O) groups excluding carboxylic acids is 1. The van der Waals surface area contributed by atoms with Crippen molar-refractivity contribution in [2.45, 2.75) is 31.6 Å². The fourth-order valence-corrected chi connectivity index (χ4v) is 4.06. The summed E-state index contributed by atoms with van der Waals surface area (Å²) in [6.07, 6.45) is 4.16. The molecule has 2 heterocycles. The van der Waals surface area contributed by atoms with Crippen LogP contribution in [0.2, 0.25) is 0 Å². The zero-order valence-corrected chi connectivity index (χ0v) is 15.4. The van der Waals surface area contributed by atoms with Crippen LogP contribution >= 0.6 is 0 Å². The second kappa shape index (κ2) is 8.54. The largest absolute Gasteiger partial charge is 0.497 e. The molecule has 2 atom stereocenters. The van der Waals surface area contributed by atoms with Gasteiger partial charge in [0.05, 0.1) is 13.0 Å². The van der Waals surface area contributed by atoms with Crippen LogP contribution in [0.25, 0.3) is 0 Å². The zero-order valence-electron chi connectivity index (χ0n) is 15.4. The smallest absolute Gasteiger partial charge is 0.308 e. The van der Waals surface area contributed by atoms with Crippen molar-refractivity contribution >= 4 is 11.9 Å². The van der Waals surface area contributed by atoms with Gasteiger partial charge in [-0.15, -0.1) is 0 Å². The lowest BCUT2D eigenvalue weighted by atomic mass is 9.89. The SMILES string of the molecule is COc1cccc([C@@H]2CN(C(=O)CCN3CCCCC3)C[C@H]2C(=O)O)c1. The van der Waals surface area contributed by atoms with Crippen LogP contribution in [0.15, 0.2) is 24.3 Å². The molecule has 1 N–H and O–H groups in total. The van der Waals surface area contributed by atoms with Gasteiger partial charge in [0.1, 0.15) is 5.75 Å². The maximum atomic E-state index is 12.6. The van der Waals surface area contributed by atoms with E-state index in [0.717, 1.165) is 25.2 Å². The molecule has 1 aromatic rings. The standard InChI is InChI=1S/C20H28N2O4/c1-26-16-7-5-6-15(12-16)17-13-22(14-18(17)20(24)25)19(23)8-11-21-9-3-2-4-10-21/h5-7,12,17-18H,2-4,8-11,13-14H2,1H3,(H,24,25)/t17-,18+/m0/s1. The third-order valence-corrected chi connectivity index (χ3v) is 5.60. The number of carboxylic acids is 1. The Morgan fingerprint density at radius 2 is 1.96 bits per heavy atom. The number of carbonyl (C=O) groups is 2. The van der Waals surface area contributed by atoms with Crippen molar-refractivity contribution in [1.29, 1.82) is 0 Å². The predicted molar refractivity (Wildman–Crippen MR) is 98.3 cm³/mol. The third-order valence-electron chi connectivity index (χ3n) is 5.60. The van der Waals surface area contributed by atoms with Gasteiger partial charge in [0.15, 0.2) is 0 Å². The Bertz CT molecular complexity index is 642. The highest BCUT2D eigenvalue weighted by molar-refractivity contribution is 5.79. The number of hydrogen-bond donors (Lipinski definition) is 1. The number of carboxylic acid groups (broad SMARTS) is 1. The molecule has 1 amide bonds. The molecule has 26 heavy (non-hydrogen) atoms. The quantitative estimate of drug-likeness (QED) is 0.842. The summed E-state index contributed by atoms with van der Waals surface area (Å²) in [6.45, 7) is 3.66. The molecule has 2 aliphatic rings. The fraction of sp³-hybridized carbons (Fsp3) is 0.600. The van der Waals surface area contributed by atoms with Gasteiger partial charge in [-0.05, 0) is 43.6 Å². The minimum Gasteiger partial charge on any atom is -0.497 e. The second-order valence-electron chi connectivity index (χ2n) is 7.28. The third kappa shape index (κ3) is 4.36. The first-order valence-electron chi connectivity index (χ1n) is 9.45. The minimum absolute atomic E-state index is 0.0622. The van der Waals surface area contributed by atoms with Gasteiger partial charge in [0.2, 0.25) is 5.91 Å². The monoisotopic (exact) mass is 360 g/mol. The molecule has 6 heteroatoms. The van der Waals surface area contributed by atoms with Gasteiger partial charge < -0.3 is 19.6 Å². The van der Waals surface area contributed by atoms with Gasteiger partial charge >= 0.3 is 5.97 Å². The molecule has 2 saturated heterocycles. The van der Waals surface area contributed by atoms with Gasteiger partial charge in [-0.2, -0.15) is 0 Å². The number of benzene rings is 1. The van der Waals surface area contributed by atoms with Gasteiger partial charge in [-0.1, -0.05) is 18.6 Å². The van der Waals surface area contributed by atoms with Crippen LogP contribution in [0.5, 0.6) is 5.75 Å². The normalized spacial score (nSPS) is 23.8. The molecule has 1 aromatic carbocycles. The summed E-state index contributed by atoms with van der Waals surface area (Å²) in [7, 11) is 1.60. The molecule has 0 saturated carbocycles. The Morgan fingerprint density at radius 1 is 1.19 bits per heavy atom. The number of hydrogen-bond acceptors (Lipinski definition) is 4. The van der Waals surface area contributed by atoms with E-state index in [1.54, 1.807) is 12.0 Å². The molecule has 0 spiro atoms. The lowest BCUT2D eigenvalue weighted by molar-refractivity contribution is -0.141. The first-order valence-corrected chi connectivity index (χ1v) is 9.45. The molecule has 2 aliphatic heterocycles. The average Bonchev–Trinajstić information content (AvgIpc) is 3.13. The minimum atomic E-state index is -0.843. The van der Waals surface area contributed by atoms with Crippen LogP contribution < -0.4 is 4.74 Å². The van der Waals surface area contributed by atoms with E-state index in [-0.39, 0.29) is 18.4 Å². The number of amides is 1. The highest BCUT2D eigenvalue weighted by Gasteiger charge is 2.40. The summed E-state index contributed by atoms with van der Waals surface area (Å²) in [6, 6.07) is 7.51. The van der Waals surface area contributed by atoms with E-state index in [4.69, 9.17) is 4.74 Å². The summed E-state index contributed by atoms with van der Waals surface area (Å²) >= 11 is 0. The summed E-state index contributed by atoms with van der Waals surface area (Å²) in [5, 5.41) is 9.63. The molecular weight excluding hydrogens is 332 g/mol. The molecule has 3 rings (SSSR count). The first kappa shape index (κ1) is 18.7. The number of nitrogens with zero attached hydrogens (tertiary/aromatic N) is 2. The molecule has 0 bridgehead atoms. The van der Waals surface area contributed by atoms with Crippen molar-refractivity contribution in [3.8, 4) is 5.75 Å². The van der Waals surface area contributed by atoms with Gasteiger partial charge in [-0.3, -0.25) is 9.59 Å². The van der Waals surface area contributed by atoms with E-state index in [1.165, 1.54) is 19.3 Å². The highest BCUT2D eigenvalue weighted by Crippen LogP contribution is 2.34. The molecule has 0 unspecified atom stereocenters. The van der Waals surface area contributed by atoms with Crippen molar-refractivity contribution in [2.75, 3.05) is 39.8 Å². The topological polar surface area (TPSA) is 70.1 Å². The number of methoxy groups -OCH3 is 1. The van der Waals surface area contributed by atoms with Gasteiger partial charge in [0, 0.05) is 32.0 Å².